The number of nitrogens with zero attached hydrogens (tertiary/aromatic N) is 2. The molecule has 1 atom stereocenters. The van der Waals surface area contributed by atoms with Gasteiger partial charge in [-0.2, -0.15) is 0 Å². The van der Waals surface area contributed by atoms with Gasteiger partial charge < -0.3 is 15.5 Å². The van der Waals surface area contributed by atoms with Crippen LogP contribution in [0.5, 0.6) is 0 Å². The highest BCUT2D eigenvalue weighted by Gasteiger charge is 2.34. The monoisotopic (exact) mass is 369 g/mol. The lowest BCUT2D eigenvalue weighted by Crippen LogP contribution is -2.54. The largest absolute Gasteiger partial charge is 0.342 e. The molecular weight excluding hydrogens is 333 g/mol. The van der Waals surface area contributed by atoms with Crippen molar-refractivity contribution in [3.63, 3.8) is 0 Å². The third-order valence-electron chi connectivity index (χ3n) is 4.61. The van der Waals surface area contributed by atoms with Gasteiger partial charge in [0.25, 0.3) is 0 Å². The summed E-state index contributed by atoms with van der Waals surface area (Å²) < 4.78 is 0. The molecule has 2 N–H and O–H groups in total. The fraction of sp³-hybridized carbons (Fsp3) is 0.941. The van der Waals surface area contributed by atoms with Gasteiger partial charge in [-0.25, -0.2) is 0 Å². The molecule has 4 nitrogen and oxygen atoms in total. The Morgan fingerprint density at radius 1 is 1.17 bits per heavy atom. The van der Waals surface area contributed by atoms with E-state index in [4.69, 9.17) is 5.73 Å². The van der Waals surface area contributed by atoms with Crippen molar-refractivity contribution in [1.82, 2.24) is 9.80 Å². The number of amides is 1. The molecular formula is C17H37Cl2N3O. The molecule has 1 saturated heterocycles. The third-order valence-corrected chi connectivity index (χ3v) is 4.61. The maximum Gasteiger partial charge on any atom is 0.222 e. The number of halogens is 2. The van der Waals surface area contributed by atoms with Crippen LogP contribution in [0, 0.1) is 5.41 Å². The fourth-order valence-electron chi connectivity index (χ4n) is 3.17. The summed E-state index contributed by atoms with van der Waals surface area (Å²) in [5, 5.41) is 0. The lowest BCUT2D eigenvalue weighted by Gasteiger charge is -2.42. The standard InChI is InChI=1S/C17H35N3O.2ClH/c1-5-10-19(11-6-2)12-7-8-16(21)20-13-9-15(18)17(3,4)14-20;;/h15H,5-14,18H2,1-4H3;2*1H. The number of hydrogen-bond donors (Lipinski definition) is 1. The van der Waals surface area contributed by atoms with Crippen LogP contribution in [0.3, 0.4) is 0 Å². The number of hydrogen-bond acceptors (Lipinski definition) is 3. The molecule has 1 rings (SSSR count). The molecule has 0 aromatic carbocycles. The average molecular weight is 370 g/mol. The molecule has 1 heterocycles. The van der Waals surface area contributed by atoms with Gasteiger partial charge in [-0.05, 0) is 50.7 Å². The molecule has 1 fully saturated rings. The molecule has 140 valence electrons. The first-order valence-corrected chi connectivity index (χ1v) is 8.66. The Balaban J connectivity index is 0. The molecule has 0 spiro atoms. The second-order valence-corrected chi connectivity index (χ2v) is 7.14. The Bertz CT molecular complexity index is 321. The van der Waals surface area contributed by atoms with Crippen LogP contribution < -0.4 is 5.73 Å². The van der Waals surface area contributed by atoms with Gasteiger partial charge in [-0.3, -0.25) is 4.79 Å². The summed E-state index contributed by atoms with van der Waals surface area (Å²) in [5.41, 5.74) is 6.18. The van der Waals surface area contributed by atoms with Crippen LogP contribution in [0.25, 0.3) is 0 Å². The molecule has 0 saturated carbocycles. The maximum absolute atomic E-state index is 12.4. The topological polar surface area (TPSA) is 49.6 Å². The molecule has 0 aromatic heterocycles. The van der Waals surface area contributed by atoms with Crippen LogP contribution in [-0.2, 0) is 4.79 Å². The van der Waals surface area contributed by atoms with E-state index < -0.39 is 0 Å². The minimum Gasteiger partial charge on any atom is -0.342 e. The summed E-state index contributed by atoms with van der Waals surface area (Å²) in [4.78, 5) is 16.9. The van der Waals surface area contributed by atoms with E-state index in [1.165, 1.54) is 12.8 Å². The molecule has 1 aliphatic heterocycles. The van der Waals surface area contributed by atoms with Crippen molar-refractivity contribution in [1.29, 1.82) is 0 Å². The summed E-state index contributed by atoms with van der Waals surface area (Å²) in [6, 6.07) is 0.214. The van der Waals surface area contributed by atoms with Crippen LogP contribution in [0.2, 0.25) is 0 Å². The van der Waals surface area contributed by atoms with E-state index in [-0.39, 0.29) is 36.3 Å². The number of carbonyl (C=O) groups excluding carboxylic acids is 1. The number of likely N-dealkylation sites (tertiary alicyclic amines) is 1. The van der Waals surface area contributed by atoms with Gasteiger partial charge in [0.2, 0.25) is 5.91 Å². The zero-order chi connectivity index (χ0) is 15.9. The Morgan fingerprint density at radius 3 is 2.22 bits per heavy atom. The van der Waals surface area contributed by atoms with Crippen LogP contribution in [0.15, 0.2) is 0 Å². The maximum atomic E-state index is 12.4. The molecule has 23 heavy (non-hydrogen) atoms. The quantitative estimate of drug-likeness (QED) is 0.713. The van der Waals surface area contributed by atoms with E-state index in [1.807, 2.05) is 4.90 Å². The summed E-state index contributed by atoms with van der Waals surface area (Å²) in [6.45, 7) is 13.7. The van der Waals surface area contributed by atoms with Crippen molar-refractivity contribution >= 4 is 30.7 Å². The number of rotatable bonds is 8. The van der Waals surface area contributed by atoms with Gasteiger partial charge >= 0.3 is 0 Å². The predicted molar refractivity (Wildman–Crippen MR) is 104 cm³/mol. The van der Waals surface area contributed by atoms with Crippen LogP contribution in [0.1, 0.15) is 59.8 Å². The van der Waals surface area contributed by atoms with E-state index in [2.05, 4.69) is 32.6 Å². The normalized spacial score (nSPS) is 19.9. The number of carbonyl (C=O) groups is 1. The highest BCUT2D eigenvalue weighted by molar-refractivity contribution is 5.85. The van der Waals surface area contributed by atoms with E-state index in [0.717, 1.165) is 45.6 Å². The van der Waals surface area contributed by atoms with Gasteiger partial charge in [0, 0.05) is 25.6 Å². The molecule has 6 heteroatoms. The Labute approximate surface area is 155 Å². The molecule has 0 aliphatic carbocycles. The first-order valence-electron chi connectivity index (χ1n) is 8.66. The van der Waals surface area contributed by atoms with Crippen molar-refractivity contribution in [2.24, 2.45) is 11.1 Å². The molecule has 1 aliphatic rings. The van der Waals surface area contributed by atoms with Gasteiger partial charge in [-0.1, -0.05) is 27.7 Å². The van der Waals surface area contributed by atoms with Crippen LogP contribution in [-0.4, -0.2) is 54.5 Å². The van der Waals surface area contributed by atoms with Gasteiger partial charge in [0.1, 0.15) is 0 Å². The van der Waals surface area contributed by atoms with E-state index in [1.54, 1.807) is 0 Å². The van der Waals surface area contributed by atoms with Crippen molar-refractivity contribution in [2.45, 2.75) is 65.8 Å². The molecule has 0 aromatic rings. The van der Waals surface area contributed by atoms with Crippen LogP contribution in [0.4, 0.5) is 0 Å². The van der Waals surface area contributed by atoms with E-state index in [9.17, 15) is 4.79 Å². The van der Waals surface area contributed by atoms with E-state index >= 15 is 0 Å². The lowest BCUT2D eigenvalue weighted by atomic mass is 9.79. The average Bonchev–Trinajstić information content (AvgIpc) is 2.42. The Kier molecular flexibility index (Phi) is 13.5. The van der Waals surface area contributed by atoms with Gasteiger partial charge in [0.15, 0.2) is 0 Å². The summed E-state index contributed by atoms with van der Waals surface area (Å²) in [6.07, 6.45) is 4.95. The third kappa shape index (κ3) is 8.57. The van der Waals surface area contributed by atoms with Crippen molar-refractivity contribution in [2.75, 3.05) is 32.7 Å². The second-order valence-electron chi connectivity index (χ2n) is 7.14. The zero-order valence-electron chi connectivity index (χ0n) is 15.3. The van der Waals surface area contributed by atoms with E-state index in [0.29, 0.717) is 12.3 Å². The van der Waals surface area contributed by atoms with Gasteiger partial charge in [-0.15, -0.1) is 24.8 Å². The van der Waals surface area contributed by atoms with Crippen molar-refractivity contribution < 1.29 is 4.79 Å². The Hall–Kier alpha value is -0.0300. The van der Waals surface area contributed by atoms with Crippen molar-refractivity contribution in [3.05, 3.63) is 0 Å². The smallest absolute Gasteiger partial charge is 0.222 e. The van der Waals surface area contributed by atoms with Gasteiger partial charge in [0.05, 0.1) is 0 Å². The lowest BCUT2D eigenvalue weighted by molar-refractivity contribution is -0.134. The first-order chi connectivity index (χ1) is 9.90. The second kappa shape index (κ2) is 12.3. The summed E-state index contributed by atoms with van der Waals surface area (Å²) in [5.74, 6) is 0.308. The molecule has 1 unspecified atom stereocenters. The van der Waals surface area contributed by atoms with Crippen LogP contribution >= 0.6 is 24.8 Å². The number of nitrogens with two attached hydrogens (primary N) is 1. The molecule has 0 radical (unpaired) electrons. The molecule has 1 amide bonds. The fourth-order valence-corrected chi connectivity index (χ4v) is 3.17. The van der Waals surface area contributed by atoms with Crippen molar-refractivity contribution in [3.8, 4) is 0 Å². The highest BCUT2D eigenvalue weighted by atomic mass is 35.5. The molecule has 0 bridgehead atoms. The predicted octanol–water partition coefficient (Wildman–Crippen LogP) is 3.32. The highest BCUT2D eigenvalue weighted by Crippen LogP contribution is 2.28. The minimum absolute atomic E-state index is 0. The Morgan fingerprint density at radius 2 is 1.74 bits per heavy atom. The SMILES string of the molecule is CCCN(CCC)CCCC(=O)N1CCC(N)C(C)(C)C1.Cl.Cl. The zero-order valence-corrected chi connectivity index (χ0v) is 17.0. The summed E-state index contributed by atoms with van der Waals surface area (Å²) >= 11 is 0. The summed E-state index contributed by atoms with van der Waals surface area (Å²) in [7, 11) is 0. The minimum atomic E-state index is 0. The first kappa shape index (κ1) is 25.2. The number of piperidine rings is 1.